The van der Waals surface area contributed by atoms with Crippen LogP contribution in [-0.2, 0) is 4.74 Å². The van der Waals surface area contributed by atoms with Gasteiger partial charge in [-0.05, 0) is 46.2 Å². The maximum Gasteiger partial charge on any atom is 0.407 e. The first-order valence-corrected chi connectivity index (χ1v) is 9.62. The van der Waals surface area contributed by atoms with Crippen LogP contribution in [-0.4, -0.2) is 43.9 Å². The number of amides is 1. The van der Waals surface area contributed by atoms with Crippen molar-refractivity contribution in [3.63, 3.8) is 0 Å². The number of carbonyl (C=O) groups is 1. The van der Waals surface area contributed by atoms with Crippen LogP contribution in [0.1, 0.15) is 46.4 Å². The lowest BCUT2D eigenvalue weighted by Gasteiger charge is -2.23. The van der Waals surface area contributed by atoms with Crippen molar-refractivity contribution in [3.8, 4) is 0 Å². The molecule has 2 N–H and O–H groups in total. The molecule has 0 saturated carbocycles. The molecule has 3 aromatic rings. The third-order valence-corrected chi connectivity index (χ3v) is 4.26. The van der Waals surface area contributed by atoms with E-state index in [4.69, 9.17) is 9.72 Å². The number of alkyl carbamates (subject to hydrolysis) is 1. The Kier molecular flexibility index (Phi) is 5.67. The smallest absolute Gasteiger partial charge is 0.407 e. The van der Waals surface area contributed by atoms with Crippen molar-refractivity contribution in [3.05, 3.63) is 30.1 Å². The van der Waals surface area contributed by atoms with E-state index in [1.807, 2.05) is 56.4 Å². The molecule has 0 aliphatic carbocycles. The topological polar surface area (TPSA) is 93.4 Å². The molecule has 0 aliphatic heterocycles. The zero-order chi connectivity index (χ0) is 20.3. The van der Waals surface area contributed by atoms with Gasteiger partial charge in [0.05, 0.1) is 11.0 Å². The van der Waals surface area contributed by atoms with E-state index >= 15 is 0 Å². The fraction of sp³-hybridized carbons (Fsp3) is 0.500. The molecule has 0 fully saturated rings. The lowest BCUT2D eigenvalue weighted by molar-refractivity contribution is 0.0525. The Labute approximate surface area is 164 Å². The van der Waals surface area contributed by atoms with Gasteiger partial charge >= 0.3 is 6.09 Å². The van der Waals surface area contributed by atoms with Gasteiger partial charge in [0, 0.05) is 12.6 Å². The molecule has 0 bridgehead atoms. The largest absolute Gasteiger partial charge is 0.444 e. The molecule has 8 heteroatoms. The first kappa shape index (κ1) is 19.9. The molecule has 0 spiro atoms. The highest BCUT2D eigenvalue weighted by Gasteiger charge is 2.19. The van der Waals surface area contributed by atoms with Crippen LogP contribution in [0.15, 0.2) is 24.3 Å². The first-order valence-electron chi connectivity index (χ1n) is 9.62. The van der Waals surface area contributed by atoms with Gasteiger partial charge in [-0.1, -0.05) is 25.5 Å². The molecule has 0 aliphatic rings. The highest BCUT2D eigenvalue weighted by molar-refractivity contribution is 5.83. The minimum absolute atomic E-state index is 0.00742. The second-order valence-corrected chi connectivity index (χ2v) is 7.87. The van der Waals surface area contributed by atoms with Crippen molar-refractivity contribution in [2.45, 2.75) is 59.1 Å². The second kappa shape index (κ2) is 8.00. The third-order valence-electron chi connectivity index (χ3n) is 4.26. The van der Waals surface area contributed by atoms with Gasteiger partial charge in [0.1, 0.15) is 11.4 Å². The van der Waals surface area contributed by atoms with Gasteiger partial charge in [-0.25, -0.2) is 9.78 Å². The molecule has 2 heterocycles. The standard InChI is InChI=1S/C20H28N6O2/c1-6-9-14(12-21-19(27)28-20(3,4)5)22-17-18-25-24-13(2)26(18)16-11-8-7-10-15(16)23-17/h7-8,10-11,14H,6,9,12H2,1-5H3,(H,21,27)(H,22,23). The van der Waals surface area contributed by atoms with Gasteiger partial charge in [0.2, 0.25) is 5.65 Å². The maximum atomic E-state index is 12.0. The van der Waals surface area contributed by atoms with Gasteiger partial charge in [0.15, 0.2) is 5.82 Å². The molecule has 3 rings (SSSR count). The van der Waals surface area contributed by atoms with Crippen LogP contribution in [0.4, 0.5) is 10.6 Å². The number of aryl methyl sites for hydroxylation is 1. The number of hydrogen-bond acceptors (Lipinski definition) is 6. The average molecular weight is 384 g/mol. The predicted octanol–water partition coefficient (Wildman–Crippen LogP) is 3.69. The van der Waals surface area contributed by atoms with Crippen molar-refractivity contribution >= 4 is 28.6 Å². The average Bonchev–Trinajstić information content (AvgIpc) is 3.01. The molecule has 150 valence electrons. The van der Waals surface area contributed by atoms with E-state index in [0.717, 1.165) is 29.7 Å². The fourth-order valence-electron chi connectivity index (χ4n) is 3.11. The number of rotatable bonds is 6. The zero-order valence-electron chi connectivity index (χ0n) is 17.1. The maximum absolute atomic E-state index is 12.0. The molecule has 1 aromatic carbocycles. The first-order chi connectivity index (χ1) is 13.3. The number of nitrogens with one attached hydrogen (secondary N) is 2. The Morgan fingerprint density at radius 1 is 1.25 bits per heavy atom. The number of anilines is 1. The lowest BCUT2D eigenvalue weighted by atomic mass is 10.1. The number of carbonyl (C=O) groups excluding carboxylic acids is 1. The Morgan fingerprint density at radius 3 is 2.71 bits per heavy atom. The van der Waals surface area contributed by atoms with E-state index in [2.05, 4.69) is 27.8 Å². The summed E-state index contributed by atoms with van der Waals surface area (Å²) in [5, 5.41) is 14.8. The number of nitrogens with zero attached hydrogens (tertiary/aromatic N) is 4. The van der Waals surface area contributed by atoms with Crippen LogP contribution in [0, 0.1) is 6.92 Å². The van der Waals surface area contributed by atoms with Gasteiger partial charge in [0.25, 0.3) is 0 Å². The fourth-order valence-corrected chi connectivity index (χ4v) is 3.11. The number of ether oxygens (including phenoxy) is 1. The highest BCUT2D eigenvalue weighted by Crippen LogP contribution is 2.22. The summed E-state index contributed by atoms with van der Waals surface area (Å²) in [5.74, 6) is 1.46. The van der Waals surface area contributed by atoms with E-state index in [0.29, 0.717) is 18.0 Å². The van der Waals surface area contributed by atoms with Gasteiger partial charge in [-0.2, -0.15) is 0 Å². The minimum Gasteiger partial charge on any atom is -0.444 e. The molecule has 0 radical (unpaired) electrons. The summed E-state index contributed by atoms with van der Waals surface area (Å²) in [7, 11) is 0. The van der Waals surface area contributed by atoms with E-state index in [1.165, 1.54) is 0 Å². The third kappa shape index (κ3) is 4.49. The van der Waals surface area contributed by atoms with Crippen LogP contribution >= 0.6 is 0 Å². The van der Waals surface area contributed by atoms with Crippen LogP contribution in [0.2, 0.25) is 0 Å². The van der Waals surface area contributed by atoms with Crippen molar-refractivity contribution in [1.29, 1.82) is 0 Å². The molecular formula is C20H28N6O2. The van der Waals surface area contributed by atoms with Crippen LogP contribution < -0.4 is 10.6 Å². The van der Waals surface area contributed by atoms with Crippen molar-refractivity contribution in [1.82, 2.24) is 24.9 Å². The predicted molar refractivity (Wildman–Crippen MR) is 110 cm³/mol. The summed E-state index contributed by atoms with van der Waals surface area (Å²) in [6.45, 7) is 9.99. The summed E-state index contributed by atoms with van der Waals surface area (Å²) in [5.41, 5.74) is 1.97. The van der Waals surface area contributed by atoms with Gasteiger partial charge < -0.3 is 15.4 Å². The number of hydrogen-bond donors (Lipinski definition) is 2. The molecule has 2 aromatic heterocycles. The second-order valence-electron chi connectivity index (χ2n) is 7.87. The number of benzene rings is 1. The van der Waals surface area contributed by atoms with Crippen molar-refractivity contribution in [2.24, 2.45) is 0 Å². The van der Waals surface area contributed by atoms with E-state index < -0.39 is 11.7 Å². The SMILES string of the molecule is CCCC(CNC(=O)OC(C)(C)C)Nc1nc2ccccc2n2c(C)nnc12. The monoisotopic (exact) mass is 384 g/mol. The van der Waals surface area contributed by atoms with E-state index in [9.17, 15) is 4.79 Å². The quantitative estimate of drug-likeness (QED) is 0.673. The Hall–Kier alpha value is -2.90. The van der Waals surface area contributed by atoms with Crippen LogP contribution in [0.5, 0.6) is 0 Å². The van der Waals surface area contributed by atoms with Gasteiger partial charge in [-0.15, -0.1) is 10.2 Å². The van der Waals surface area contributed by atoms with Crippen molar-refractivity contribution < 1.29 is 9.53 Å². The minimum atomic E-state index is -0.525. The van der Waals surface area contributed by atoms with Crippen LogP contribution in [0.3, 0.4) is 0 Å². The molecule has 0 saturated heterocycles. The molecule has 28 heavy (non-hydrogen) atoms. The summed E-state index contributed by atoms with van der Waals surface area (Å²) in [4.78, 5) is 16.8. The van der Waals surface area contributed by atoms with E-state index in [-0.39, 0.29) is 6.04 Å². The van der Waals surface area contributed by atoms with Gasteiger partial charge in [-0.3, -0.25) is 4.40 Å². The number of aromatic nitrogens is 4. The summed E-state index contributed by atoms with van der Waals surface area (Å²) < 4.78 is 7.32. The normalized spacial score (nSPS) is 12.9. The number of fused-ring (bicyclic) bond motifs is 3. The molecular weight excluding hydrogens is 356 g/mol. The van der Waals surface area contributed by atoms with E-state index in [1.54, 1.807) is 0 Å². The zero-order valence-corrected chi connectivity index (χ0v) is 17.1. The summed E-state index contributed by atoms with van der Waals surface area (Å²) >= 11 is 0. The lowest BCUT2D eigenvalue weighted by Crippen LogP contribution is -2.39. The molecule has 1 atom stereocenters. The molecule has 1 amide bonds. The summed E-state index contributed by atoms with van der Waals surface area (Å²) in [6.07, 6.45) is 1.40. The summed E-state index contributed by atoms with van der Waals surface area (Å²) in [6, 6.07) is 7.89. The highest BCUT2D eigenvalue weighted by atomic mass is 16.6. The number of para-hydroxylation sites is 2. The Balaban J connectivity index is 1.84. The van der Waals surface area contributed by atoms with Crippen molar-refractivity contribution in [2.75, 3.05) is 11.9 Å². The Bertz CT molecular complexity index is 976. The molecule has 8 nitrogen and oxygen atoms in total. The Morgan fingerprint density at radius 2 is 2.00 bits per heavy atom. The molecule has 1 unspecified atom stereocenters. The van der Waals surface area contributed by atoms with Crippen LogP contribution in [0.25, 0.3) is 16.7 Å².